The second-order valence-corrected chi connectivity index (χ2v) is 8.45. The lowest BCUT2D eigenvalue weighted by molar-refractivity contribution is -0.164. The van der Waals surface area contributed by atoms with Gasteiger partial charge in [0.2, 0.25) is 0 Å². The number of Topliss-reactive ketones (excluding diaryl/α,β-unsaturated/α-hetero) is 1. The SMILES string of the molecule is Cc1ccc(C(=O)CC23CC(NC(=O)COc4ccc(Cl)c(F)c4)(C2)C3)nc1. The van der Waals surface area contributed by atoms with Gasteiger partial charge in [-0.3, -0.25) is 14.6 Å². The summed E-state index contributed by atoms with van der Waals surface area (Å²) in [6.45, 7) is 1.74. The van der Waals surface area contributed by atoms with Gasteiger partial charge in [0, 0.05) is 24.2 Å². The summed E-state index contributed by atoms with van der Waals surface area (Å²) < 4.78 is 18.7. The first-order valence-electron chi connectivity index (χ1n) is 9.13. The molecule has 1 aromatic heterocycles. The van der Waals surface area contributed by atoms with Crippen LogP contribution in [0.15, 0.2) is 36.5 Å². The summed E-state index contributed by atoms with van der Waals surface area (Å²) in [7, 11) is 0. The van der Waals surface area contributed by atoms with E-state index in [1.165, 1.54) is 12.1 Å². The molecule has 3 aliphatic carbocycles. The Morgan fingerprint density at radius 2 is 2.00 bits per heavy atom. The van der Waals surface area contributed by atoms with Crippen molar-refractivity contribution in [3.05, 3.63) is 58.6 Å². The first kappa shape index (κ1) is 18.9. The third-order valence-electron chi connectivity index (χ3n) is 5.54. The lowest BCUT2D eigenvalue weighted by Crippen LogP contribution is -2.75. The van der Waals surface area contributed by atoms with Crippen molar-refractivity contribution in [2.24, 2.45) is 5.41 Å². The van der Waals surface area contributed by atoms with Gasteiger partial charge < -0.3 is 10.1 Å². The van der Waals surface area contributed by atoms with E-state index in [9.17, 15) is 14.0 Å². The predicted molar refractivity (Wildman–Crippen MR) is 102 cm³/mol. The molecule has 1 aromatic carbocycles. The number of aryl methyl sites for hydroxylation is 1. The van der Waals surface area contributed by atoms with E-state index in [0.717, 1.165) is 30.9 Å². The zero-order valence-electron chi connectivity index (χ0n) is 15.4. The van der Waals surface area contributed by atoms with Crippen LogP contribution in [0.25, 0.3) is 0 Å². The third-order valence-corrected chi connectivity index (χ3v) is 5.84. The number of hydrogen-bond donors (Lipinski definition) is 1. The zero-order chi connectivity index (χ0) is 19.9. The number of ketones is 1. The summed E-state index contributed by atoms with van der Waals surface area (Å²) in [5.41, 5.74) is 1.27. The first-order chi connectivity index (χ1) is 13.3. The summed E-state index contributed by atoms with van der Waals surface area (Å²) in [5.74, 6) is -0.543. The number of amides is 1. The third kappa shape index (κ3) is 3.61. The number of halogens is 2. The minimum absolute atomic E-state index is 0.00588. The van der Waals surface area contributed by atoms with Crippen LogP contribution in [0, 0.1) is 18.2 Å². The highest BCUT2D eigenvalue weighted by Crippen LogP contribution is 2.69. The molecule has 146 valence electrons. The van der Waals surface area contributed by atoms with Crippen molar-refractivity contribution in [3.63, 3.8) is 0 Å². The average molecular weight is 403 g/mol. The maximum absolute atomic E-state index is 13.4. The molecule has 5 nitrogen and oxygen atoms in total. The average Bonchev–Trinajstić information content (AvgIpc) is 2.60. The smallest absolute Gasteiger partial charge is 0.258 e. The second-order valence-electron chi connectivity index (χ2n) is 8.04. The highest BCUT2D eigenvalue weighted by molar-refractivity contribution is 6.30. The number of aromatic nitrogens is 1. The van der Waals surface area contributed by atoms with Gasteiger partial charge in [-0.05, 0) is 55.4 Å². The van der Waals surface area contributed by atoms with Crippen molar-refractivity contribution in [3.8, 4) is 5.75 Å². The van der Waals surface area contributed by atoms with Gasteiger partial charge in [0.15, 0.2) is 12.4 Å². The van der Waals surface area contributed by atoms with E-state index in [0.29, 0.717) is 12.1 Å². The fourth-order valence-electron chi connectivity index (χ4n) is 4.43. The maximum atomic E-state index is 13.4. The van der Waals surface area contributed by atoms with Crippen LogP contribution in [0.2, 0.25) is 5.02 Å². The topological polar surface area (TPSA) is 68.3 Å². The number of carbonyl (C=O) groups is 2. The monoisotopic (exact) mass is 402 g/mol. The molecule has 1 heterocycles. The van der Waals surface area contributed by atoms with E-state index in [1.54, 1.807) is 12.3 Å². The number of hydrogen-bond acceptors (Lipinski definition) is 4. The van der Waals surface area contributed by atoms with E-state index in [4.69, 9.17) is 16.3 Å². The van der Waals surface area contributed by atoms with Gasteiger partial charge in [-0.2, -0.15) is 0 Å². The lowest BCUT2D eigenvalue weighted by atomic mass is 9.38. The summed E-state index contributed by atoms with van der Waals surface area (Å²) >= 11 is 5.62. The fourth-order valence-corrected chi connectivity index (χ4v) is 4.55. The predicted octanol–water partition coefficient (Wildman–Crippen LogP) is 3.87. The van der Waals surface area contributed by atoms with Crippen molar-refractivity contribution in [2.45, 2.75) is 38.1 Å². The molecule has 3 aliphatic rings. The molecule has 5 rings (SSSR count). The molecule has 2 bridgehead atoms. The van der Waals surface area contributed by atoms with E-state index in [1.807, 2.05) is 13.0 Å². The van der Waals surface area contributed by atoms with Gasteiger partial charge in [-0.1, -0.05) is 17.7 Å². The van der Waals surface area contributed by atoms with Crippen LogP contribution in [0.5, 0.6) is 5.75 Å². The number of carbonyl (C=O) groups excluding carboxylic acids is 2. The molecule has 0 unspecified atom stereocenters. The number of nitrogens with zero attached hydrogens (tertiary/aromatic N) is 1. The van der Waals surface area contributed by atoms with Gasteiger partial charge >= 0.3 is 0 Å². The molecule has 7 heteroatoms. The number of ether oxygens (including phenoxy) is 1. The molecular weight excluding hydrogens is 383 g/mol. The molecule has 3 fully saturated rings. The van der Waals surface area contributed by atoms with Gasteiger partial charge in [0.25, 0.3) is 5.91 Å². The highest BCUT2D eigenvalue weighted by atomic mass is 35.5. The molecule has 1 N–H and O–H groups in total. The molecule has 3 saturated carbocycles. The van der Waals surface area contributed by atoms with Gasteiger partial charge in [0.1, 0.15) is 17.3 Å². The highest BCUT2D eigenvalue weighted by Gasteiger charge is 2.68. The van der Waals surface area contributed by atoms with Crippen LogP contribution in [0.3, 0.4) is 0 Å². The number of nitrogens with one attached hydrogen (secondary N) is 1. The van der Waals surface area contributed by atoms with Crippen LogP contribution in [0.4, 0.5) is 4.39 Å². The quantitative estimate of drug-likeness (QED) is 0.714. The van der Waals surface area contributed by atoms with Crippen molar-refractivity contribution in [1.82, 2.24) is 10.3 Å². The Kier molecular flexibility index (Phi) is 4.62. The van der Waals surface area contributed by atoms with Crippen LogP contribution in [-0.2, 0) is 4.79 Å². The summed E-state index contributed by atoms with van der Waals surface area (Å²) in [6.07, 6.45) is 4.53. The number of rotatable bonds is 7. The maximum Gasteiger partial charge on any atom is 0.258 e. The molecule has 0 atom stereocenters. The molecule has 0 aliphatic heterocycles. The standard InChI is InChI=1S/C21H20ClFN2O3/c1-13-2-5-17(24-8-13)18(26)7-20-10-21(11-20,12-20)25-19(27)9-28-14-3-4-15(22)16(23)6-14/h2-6,8H,7,9-12H2,1H3,(H,25,27). The van der Waals surface area contributed by atoms with Gasteiger partial charge in [-0.25, -0.2) is 4.39 Å². The molecule has 28 heavy (non-hydrogen) atoms. The van der Waals surface area contributed by atoms with Crippen LogP contribution < -0.4 is 10.1 Å². The van der Waals surface area contributed by atoms with E-state index in [-0.39, 0.29) is 40.0 Å². The van der Waals surface area contributed by atoms with Gasteiger partial charge in [-0.15, -0.1) is 0 Å². The summed E-state index contributed by atoms with van der Waals surface area (Å²) in [5, 5.41) is 3.00. The normalized spacial score (nSPS) is 24.7. The lowest BCUT2D eigenvalue weighted by Gasteiger charge is -2.70. The zero-order valence-corrected chi connectivity index (χ0v) is 16.2. The summed E-state index contributed by atoms with van der Waals surface area (Å²) in [6, 6.07) is 7.69. The number of pyridine rings is 1. The van der Waals surface area contributed by atoms with Crippen molar-refractivity contribution in [2.75, 3.05) is 6.61 Å². The number of benzene rings is 1. The Morgan fingerprint density at radius 3 is 2.64 bits per heavy atom. The first-order valence-corrected chi connectivity index (χ1v) is 9.51. The van der Waals surface area contributed by atoms with E-state index in [2.05, 4.69) is 10.3 Å². The molecule has 1 amide bonds. The van der Waals surface area contributed by atoms with Crippen LogP contribution >= 0.6 is 11.6 Å². The Morgan fingerprint density at radius 1 is 1.25 bits per heavy atom. The molecule has 0 spiro atoms. The Labute approximate surface area is 167 Å². The van der Waals surface area contributed by atoms with Crippen LogP contribution in [-0.4, -0.2) is 28.8 Å². The summed E-state index contributed by atoms with van der Waals surface area (Å²) in [4.78, 5) is 28.8. The van der Waals surface area contributed by atoms with Crippen molar-refractivity contribution in [1.29, 1.82) is 0 Å². The molecular formula is C21H20ClFN2O3. The molecule has 2 aromatic rings. The van der Waals surface area contributed by atoms with Crippen molar-refractivity contribution < 1.29 is 18.7 Å². The van der Waals surface area contributed by atoms with E-state index < -0.39 is 5.82 Å². The van der Waals surface area contributed by atoms with Crippen molar-refractivity contribution >= 4 is 23.3 Å². The Bertz CT molecular complexity index is 925. The molecule has 0 saturated heterocycles. The Balaban J connectivity index is 1.24. The van der Waals surface area contributed by atoms with E-state index >= 15 is 0 Å². The second kappa shape index (κ2) is 6.85. The fraction of sp³-hybridized carbons (Fsp3) is 0.381. The largest absolute Gasteiger partial charge is 0.484 e. The molecule has 0 radical (unpaired) electrons. The minimum atomic E-state index is -0.589. The van der Waals surface area contributed by atoms with Gasteiger partial charge in [0.05, 0.1) is 5.02 Å². The van der Waals surface area contributed by atoms with Crippen LogP contribution in [0.1, 0.15) is 41.7 Å². The Hall–Kier alpha value is -2.47. The minimum Gasteiger partial charge on any atom is -0.484 e.